The minimum absolute atomic E-state index is 0.138. The van der Waals surface area contributed by atoms with Gasteiger partial charge in [-0.3, -0.25) is 0 Å². The maximum absolute atomic E-state index is 11.1. The average Bonchev–Trinajstić information content (AvgIpc) is 3.05. The lowest BCUT2D eigenvalue weighted by molar-refractivity contribution is -0.339. The molecule has 8 nitrogen and oxygen atoms in total. The SMILES string of the molecule is COc1ccc(COCC[C@@H]2C[C@H](O)C[C@@]3(O2)O[C@@H](COCc2ccccc2)C[C@H](OCc2ccc(OC)cc2)[C@H]3I)cc1. The van der Waals surface area contributed by atoms with Crippen molar-refractivity contribution in [2.75, 3.05) is 27.4 Å². The van der Waals surface area contributed by atoms with Crippen molar-refractivity contribution in [2.45, 2.75) is 79.6 Å². The van der Waals surface area contributed by atoms with Crippen LogP contribution in [0.4, 0.5) is 0 Å². The largest absolute Gasteiger partial charge is 0.497 e. The van der Waals surface area contributed by atoms with Gasteiger partial charge < -0.3 is 38.3 Å². The molecule has 2 aliphatic heterocycles. The van der Waals surface area contributed by atoms with E-state index in [-0.39, 0.29) is 22.2 Å². The fourth-order valence-corrected chi connectivity index (χ4v) is 6.82. The van der Waals surface area contributed by atoms with Gasteiger partial charge in [0.15, 0.2) is 5.79 Å². The van der Waals surface area contributed by atoms with Crippen molar-refractivity contribution in [3.8, 4) is 11.5 Å². The lowest BCUT2D eigenvalue weighted by Gasteiger charge is -2.52. The summed E-state index contributed by atoms with van der Waals surface area (Å²) in [7, 11) is 3.31. The summed E-state index contributed by atoms with van der Waals surface area (Å²) in [4.78, 5) is 0. The molecule has 3 aromatic carbocycles. The van der Waals surface area contributed by atoms with E-state index in [2.05, 4.69) is 22.6 Å². The van der Waals surface area contributed by atoms with Crippen LogP contribution in [0.15, 0.2) is 78.9 Å². The van der Waals surface area contributed by atoms with Crippen molar-refractivity contribution >= 4 is 22.6 Å². The molecule has 0 radical (unpaired) electrons. The number of alkyl halides is 1. The minimum Gasteiger partial charge on any atom is -0.497 e. The molecule has 0 saturated carbocycles. The maximum Gasteiger partial charge on any atom is 0.185 e. The summed E-state index contributed by atoms with van der Waals surface area (Å²) in [5, 5.41) is 11.1. The molecule has 3 aromatic rings. The summed E-state index contributed by atoms with van der Waals surface area (Å²) >= 11 is 2.39. The Bertz CT molecular complexity index is 1260. The Morgan fingerprint density at radius 3 is 2.00 bits per heavy atom. The van der Waals surface area contributed by atoms with Crippen molar-refractivity contribution in [1.29, 1.82) is 0 Å². The number of rotatable bonds is 14. The normalized spacial score (nSPS) is 26.9. The Hall–Kier alpha value is -2.25. The van der Waals surface area contributed by atoms with Crippen LogP contribution in [-0.2, 0) is 43.5 Å². The van der Waals surface area contributed by atoms with E-state index in [0.717, 1.165) is 28.2 Å². The second-order valence-electron chi connectivity index (χ2n) is 11.4. The molecule has 0 unspecified atom stereocenters. The van der Waals surface area contributed by atoms with Gasteiger partial charge in [-0.15, -0.1) is 0 Å². The van der Waals surface area contributed by atoms with Crippen LogP contribution in [0, 0.1) is 0 Å². The first-order chi connectivity index (χ1) is 21.5. The Morgan fingerprint density at radius 1 is 0.750 bits per heavy atom. The van der Waals surface area contributed by atoms with E-state index in [1.54, 1.807) is 14.2 Å². The highest BCUT2D eigenvalue weighted by Crippen LogP contribution is 2.45. The van der Waals surface area contributed by atoms with Gasteiger partial charge in [-0.2, -0.15) is 0 Å². The van der Waals surface area contributed by atoms with Crippen molar-refractivity contribution in [3.63, 3.8) is 0 Å². The Balaban J connectivity index is 1.22. The number of halogens is 1. The zero-order chi connectivity index (χ0) is 30.8. The quantitative estimate of drug-likeness (QED) is 0.119. The van der Waals surface area contributed by atoms with Gasteiger partial charge >= 0.3 is 0 Å². The van der Waals surface area contributed by atoms with E-state index in [0.29, 0.717) is 58.7 Å². The van der Waals surface area contributed by atoms with E-state index in [1.807, 2.05) is 78.9 Å². The smallest absolute Gasteiger partial charge is 0.185 e. The molecule has 0 aliphatic carbocycles. The van der Waals surface area contributed by atoms with E-state index in [4.69, 9.17) is 33.2 Å². The predicted molar refractivity (Wildman–Crippen MR) is 175 cm³/mol. The molecule has 5 rings (SSSR count). The van der Waals surface area contributed by atoms with Gasteiger partial charge in [-0.05, 0) is 53.8 Å². The third-order valence-electron chi connectivity index (χ3n) is 8.08. The summed E-state index contributed by atoms with van der Waals surface area (Å²) in [5.74, 6) is 0.631. The molecule has 0 amide bonds. The van der Waals surface area contributed by atoms with Gasteiger partial charge in [0.25, 0.3) is 0 Å². The first-order valence-corrected chi connectivity index (χ1v) is 16.5. The van der Waals surface area contributed by atoms with Gasteiger partial charge in [-0.25, -0.2) is 0 Å². The summed E-state index contributed by atoms with van der Waals surface area (Å²) in [6.07, 6.45) is 1.05. The van der Waals surface area contributed by atoms with Gasteiger partial charge in [0.05, 0.1) is 69.0 Å². The Labute approximate surface area is 274 Å². The van der Waals surface area contributed by atoms with E-state index in [9.17, 15) is 5.11 Å². The Kier molecular flexibility index (Phi) is 12.3. The number of hydrogen-bond acceptors (Lipinski definition) is 8. The number of aliphatic hydroxyl groups excluding tert-OH is 1. The molecule has 2 fully saturated rings. The summed E-state index contributed by atoms with van der Waals surface area (Å²) in [6.45, 7) is 2.35. The van der Waals surface area contributed by atoms with E-state index >= 15 is 0 Å². The molecule has 9 heteroatoms. The maximum atomic E-state index is 11.1. The summed E-state index contributed by atoms with van der Waals surface area (Å²) in [6, 6.07) is 25.9. The third-order valence-corrected chi connectivity index (χ3v) is 9.83. The first kappa shape index (κ1) is 33.1. The van der Waals surface area contributed by atoms with E-state index in [1.165, 1.54) is 0 Å². The van der Waals surface area contributed by atoms with Crippen LogP contribution in [0.25, 0.3) is 0 Å². The Morgan fingerprint density at radius 2 is 1.34 bits per heavy atom. The number of ether oxygens (including phenoxy) is 7. The minimum atomic E-state index is -0.998. The van der Waals surface area contributed by atoms with Crippen molar-refractivity contribution in [3.05, 3.63) is 95.6 Å². The molecule has 0 aromatic heterocycles. The van der Waals surface area contributed by atoms with Crippen LogP contribution in [0.5, 0.6) is 11.5 Å². The fourth-order valence-electron chi connectivity index (χ4n) is 5.77. The standard InChI is InChI=1S/C35H43IO8/c1-38-29-12-8-26(9-13-29)21-40-17-16-31-18-28(37)20-35(43-31)34(36)33(42-23-27-10-14-30(39-2)15-11-27)19-32(44-35)24-41-22-25-6-4-3-5-7-25/h3-15,28,31-34,37H,16-24H2,1-2H3/t28-,31+,32+,33-,34+,35+/m0/s1. The van der Waals surface area contributed by atoms with Crippen LogP contribution < -0.4 is 9.47 Å². The number of benzene rings is 3. The highest BCUT2D eigenvalue weighted by Gasteiger charge is 2.54. The van der Waals surface area contributed by atoms with Crippen molar-refractivity contribution in [2.24, 2.45) is 0 Å². The van der Waals surface area contributed by atoms with Crippen LogP contribution in [0.3, 0.4) is 0 Å². The molecule has 238 valence electrons. The zero-order valence-electron chi connectivity index (χ0n) is 25.4. The van der Waals surface area contributed by atoms with Crippen LogP contribution >= 0.6 is 22.6 Å². The lowest BCUT2D eigenvalue weighted by Crippen LogP contribution is -2.62. The summed E-state index contributed by atoms with van der Waals surface area (Å²) < 4.78 is 42.5. The molecule has 2 heterocycles. The number of methoxy groups -OCH3 is 2. The lowest BCUT2D eigenvalue weighted by atomic mass is 9.89. The highest BCUT2D eigenvalue weighted by atomic mass is 127. The third kappa shape index (κ3) is 9.15. The number of aliphatic hydroxyl groups is 1. The highest BCUT2D eigenvalue weighted by molar-refractivity contribution is 14.1. The van der Waals surface area contributed by atoms with Crippen LogP contribution in [-0.4, -0.2) is 66.7 Å². The molecular formula is C35H43IO8. The van der Waals surface area contributed by atoms with Gasteiger partial charge in [0, 0.05) is 19.4 Å². The van der Waals surface area contributed by atoms with Gasteiger partial charge in [-0.1, -0.05) is 77.2 Å². The molecule has 1 N–H and O–H groups in total. The monoisotopic (exact) mass is 718 g/mol. The van der Waals surface area contributed by atoms with Crippen LogP contribution in [0.2, 0.25) is 0 Å². The van der Waals surface area contributed by atoms with E-state index < -0.39 is 11.9 Å². The molecule has 2 aliphatic rings. The number of hydrogen-bond donors (Lipinski definition) is 1. The predicted octanol–water partition coefficient (Wildman–Crippen LogP) is 6.24. The molecule has 2 saturated heterocycles. The molecule has 0 bridgehead atoms. The summed E-state index contributed by atoms with van der Waals surface area (Å²) in [5.41, 5.74) is 3.24. The molecule has 1 spiro atoms. The fraction of sp³-hybridized carbons (Fsp3) is 0.486. The van der Waals surface area contributed by atoms with Crippen LogP contribution in [0.1, 0.15) is 42.4 Å². The van der Waals surface area contributed by atoms with Crippen molar-refractivity contribution < 1.29 is 38.3 Å². The molecule has 44 heavy (non-hydrogen) atoms. The topological polar surface area (TPSA) is 84.8 Å². The first-order valence-electron chi connectivity index (χ1n) is 15.2. The molecular weight excluding hydrogens is 675 g/mol. The second kappa shape index (κ2) is 16.4. The van der Waals surface area contributed by atoms with Gasteiger partial charge in [0.2, 0.25) is 0 Å². The average molecular weight is 719 g/mol. The van der Waals surface area contributed by atoms with Crippen molar-refractivity contribution in [1.82, 2.24) is 0 Å². The van der Waals surface area contributed by atoms with Gasteiger partial charge in [0.1, 0.15) is 11.5 Å². The molecule has 6 atom stereocenters. The second-order valence-corrected chi connectivity index (χ2v) is 12.8. The zero-order valence-corrected chi connectivity index (χ0v) is 27.6.